The number of halogens is 1. The second kappa shape index (κ2) is 5.21. The van der Waals surface area contributed by atoms with Gasteiger partial charge in [0.15, 0.2) is 0 Å². The van der Waals surface area contributed by atoms with Gasteiger partial charge in [0.25, 0.3) is 5.91 Å². The van der Waals surface area contributed by atoms with Gasteiger partial charge in [-0.2, -0.15) is 0 Å². The highest BCUT2D eigenvalue weighted by atomic mass is 19.1. The molecule has 2 aromatic rings. The van der Waals surface area contributed by atoms with E-state index in [9.17, 15) is 14.0 Å². The SMILES string of the molecule is O=C(Nc1cc(F)ccc1C(=O)O)c1cnccn1. The fourth-order valence-corrected chi connectivity index (χ4v) is 1.41. The van der Waals surface area contributed by atoms with E-state index in [0.717, 1.165) is 18.2 Å². The lowest BCUT2D eigenvalue weighted by atomic mass is 10.1. The molecule has 96 valence electrons. The van der Waals surface area contributed by atoms with Crippen LogP contribution in [0.5, 0.6) is 0 Å². The molecule has 7 heteroatoms. The first-order valence-corrected chi connectivity index (χ1v) is 5.18. The zero-order valence-electron chi connectivity index (χ0n) is 9.50. The number of nitrogens with one attached hydrogen (secondary N) is 1. The van der Waals surface area contributed by atoms with Crippen molar-refractivity contribution in [3.63, 3.8) is 0 Å². The summed E-state index contributed by atoms with van der Waals surface area (Å²) in [5.41, 5.74) is -0.343. The van der Waals surface area contributed by atoms with E-state index in [-0.39, 0.29) is 16.9 Å². The average molecular weight is 261 g/mol. The summed E-state index contributed by atoms with van der Waals surface area (Å²) in [6.45, 7) is 0. The minimum absolute atomic E-state index is 0.00287. The van der Waals surface area contributed by atoms with Gasteiger partial charge in [-0.3, -0.25) is 9.78 Å². The van der Waals surface area contributed by atoms with Crippen LogP contribution in [0.1, 0.15) is 20.8 Å². The van der Waals surface area contributed by atoms with Crippen molar-refractivity contribution in [3.8, 4) is 0 Å². The Morgan fingerprint density at radius 1 is 1.26 bits per heavy atom. The van der Waals surface area contributed by atoms with Crippen LogP contribution in [0.3, 0.4) is 0 Å². The lowest BCUT2D eigenvalue weighted by Crippen LogP contribution is -2.16. The number of carboxylic acids is 1. The van der Waals surface area contributed by atoms with Gasteiger partial charge in [0.05, 0.1) is 17.4 Å². The molecule has 0 aliphatic heterocycles. The fraction of sp³-hybridized carbons (Fsp3) is 0. The molecule has 0 saturated heterocycles. The minimum Gasteiger partial charge on any atom is -0.478 e. The van der Waals surface area contributed by atoms with Crippen molar-refractivity contribution in [2.75, 3.05) is 5.32 Å². The molecule has 0 aliphatic carbocycles. The number of amides is 1. The minimum atomic E-state index is -1.27. The van der Waals surface area contributed by atoms with Crippen LogP contribution in [0.4, 0.5) is 10.1 Å². The molecule has 2 rings (SSSR count). The van der Waals surface area contributed by atoms with Gasteiger partial charge in [-0.1, -0.05) is 0 Å². The Balaban J connectivity index is 2.31. The highest BCUT2D eigenvalue weighted by Crippen LogP contribution is 2.17. The lowest BCUT2D eigenvalue weighted by molar-refractivity contribution is 0.0698. The van der Waals surface area contributed by atoms with Crippen LogP contribution < -0.4 is 5.32 Å². The number of hydrogen-bond acceptors (Lipinski definition) is 4. The van der Waals surface area contributed by atoms with Gasteiger partial charge in [0.2, 0.25) is 0 Å². The fourth-order valence-electron chi connectivity index (χ4n) is 1.41. The largest absolute Gasteiger partial charge is 0.478 e. The van der Waals surface area contributed by atoms with Crippen molar-refractivity contribution < 1.29 is 19.1 Å². The summed E-state index contributed by atoms with van der Waals surface area (Å²) in [7, 11) is 0. The van der Waals surface area contributed by atoms with Crippen molar-refractivity contribution in [1.82, 2.24) is 9.97 Å². The maximum Gasteiger partial charge on any atom is 0.337 e. The van der Waals surface area contributed by atoms with Gasteiger partial charge in [-0.15, -0.1) is 0 Å². The molecule has 19 heavy (non-hydrogen) atoms. The number of aromatic carboxylic acids is 1. The summed E-state index contributed by atoms with van der Waals surface area (Å²) in [5, 5.41) is 11.2. The normalized spacial score (nSPS) is 9.95. The van der Waals surface area contributed by atoms with E-state index in [1.54, 1.807) is 0 Å². The van der Waals surface area contributed by atoms with E-state index in [1.165, 1.54) is 18.6 Å². The Morgan fingerprint density at radius 2 is 2.05 bits per heavy atom. The van der Waals surface area contributed by atoms with Crippen LogP contribution in [0, 0.1) is 5.82 Å². The molecule has 0 atom stereocenters. The van der Waals surface area contributed by atoms with Crippen molar-refractivity contribution in [2.24, 2.45) is 0 Å². The van der Waals surface area contributed by atoms with Gasteiger partial charge in [0.1, 0.15) is 11.5 Å². The molecule has 1 aromatic heterocycles. The molecule has 1 amide bonds. The second-order valence-corrected chi connectivity index (χ2v) is 3.54. The number of anilines is 1. The summed E-state index contributed by atoms with van der Waals surface area (Å²) < 4.78 is 13.1. The molecular formula is C12H8FN3O3. The zero-order chi connectivity index (χ0) is 13.8. The van der Waals surface area contributed by atoms with Crippen molar-refractivity contribution >= 4 is 17.6 Å². The average Bonchev–Trinajstić information content (AvgIpc) is 2.39. The van der Waals surface area contributed by atoms with Crippen molar-refractivity contribution in [1.29, 1.82) is 0 Å². The smallest absolute Gasteiger partial charge is 0.337 e. The number of hydrogen-bond donors (Lipinski definition) is 2. The van der Waals surface area contributed by atoms with E-state index >= 15 is 0 Å². The Hall–Kier alpha value is -2.83. The first kappa shape index (κ1) is 12.6. The van der Waals surface area contributed by atoms with Crippen LogP contribution in [-0.2, 0) is 0 Å². The van der Waals surface area contributed by atoms with Gasteiger partial charge in [-0.05, 0) is 18.2 Å². The number of carboxylic acid groups (broad SMARTS) is 1. The number of carbonyl (C=O) groups excluding carboxylic acids is 1. The second-order valence-electron chi connectivity index (χ2n) is 3.54. The molecule has 0 radical (unpaired) electrons. The topological polar surface area (TPSA) is 92.2 Å². The molecule has 0 bridgehead atoms. The number of rotatable bonds is 3. The van der Waals surface area contributed by atoms with Crippen LogP contribution in [0.15, 0.2) is 36.8 Å². The van der Waals surface area contributed by atoms with E-state index in [1.807, 2.05) is 0 Å². The summed E-state index contributed by atoms with van der Waals surface area (Å²) >= 11 is 0. The molecule has 0 spiro atoms. The molecule has 1 heterocycles. The molecule has 1 aromatic carbocycles. The first-order chi connectivity index (χ1) is 9.08. The monoisotopic (exact) mass is 261 g/mol. The van der Waals surface area contributed by atoms with Gasteiger partial charge < -0.3 is 10.4 Å². The number of aromatic nitrogens is 2. The maximum absolute atomic E-state index is 13.1. The van der Waals surface area contributed by atoms with E-state index in [0.29, 0.717) is 0 Å². The number of carbonyl (C=O) groups is 2. The quantitative estimate of drug-likeness (QED) is 0.874. The Bertz CT molecular complexity index is 631. The van der Waals surface area contributed by atoms with Crippen molar-refractivity contribution in [3.05, 3.63) is 53.9 Å². The van der Waals surface area contributed by atoms with Crippen LogP contribution >= 0.6 is 0 Å². The highest BCUT2D eigenvalue weighted by molar-refractivity contribution is 6.06. The predicted molar refractivity (Wildman–Crippen MR) is 63.3 cm³/mol. The molecule has 0 fully saturated rings. The number of benzene rings is 1. The Kier molecular flexibility index (Phi) is 3.46. The molecular weight excluding hydrogens is 253 g/mol. The third kappa shape index (κ3) is 2.89. The van der Waals surface area contributed by atoms with Crippen LogP contribution in [-0.4, -0.2) is 27.0 Å². The molecule has 0 unspecified atom stereocenters. The Morgan fingerprint density at radius 3 is 2.68 bits per heavy atom. The number of nitrogens with zero attached hydrogens (tertiary/aromatic N) is 2. The first-order valence-electron chi connectivity index (χ1n) is 5.18. The van der Waals surface area contributed by atoms with E-state index in [2.05, 4.69) is 15.3 Å². The third-order valence-corrected chi connectivity index (χ3v) is 2.26. The van der Waals surface area contributed by atoms with Crippen molar-refractivity contribution in [2.45, 2.75) is 0 Å². The van der Waals surface area contributed by atoms with Gasteiger partial charge >= 0.3 is 5.97 Å². The van der Waals surface area contributed by atoms with Crippen LogP contribution in [0.25, 0.3) is 0 Å². The molecule has 2 N–H and O–H groups in total. The standard InChI is InChI=1S/C12H8FN3O3/c13-7-1-2-8(12(18)19)9(5-7)16-11(17)10-6-14-3-4-15-10/h1-6H,(H,16,17)(H,18,19). The Labute approximate surface area is 106 Å². The lowest BCUT2D eigenvalue weighted by Gasteiger charge is -2.07. The van der Waals surface area contributed by atoms with Gasteiger partial charge in [-0.25, -0.2) is 14.2 Å². The molecule has 0 aliphatic rings. The molecule has 6 nitrogen and oxygen atoms in total. The van der Waals surface area contributed by atoms with E-state index in [4.69, 9.17) is 5.11 Å². The summed E-state index contributed by atoms with van der Waals surface area (Å²) in [5.74, 6) is -2.59. The van der Waals surface area contributed by atoms with Gasteiger partial charge in [0, 0.05) is 12.4 Å². The summed E-state index contributed by atoms with van der Waals surface area (Å²) in [4.78, 5) is 30.2. The highest BCUT2D eigenvalue weighted by Gasteiger charge is 2.15. The maximum atomic E-state index is 13.1. The summed E-state index contributed by atoms with van der Waals surface area (Å²) in [6, 6.07) is 3.00. The predicted octanol–water partition coefficient (Wildman–Crippen LogP) is 1.57. The zero-order valence-corrected chi connectivity index (χ0v) is 9.50. The van der Waals surface area contributed by atoms with Crippen LogP contribution in [0.2, 0.25) is 0 Å². The third-order valence-electron chi connectivity index (χ3n) is 2.26. The summed E-state index contributed by atoms with van der Waals surface area (Å²) in [6.07, 6.45) is 3.93. The van der Waals surface area contributed by atoms with E-state index < -0.39 is 17.7 Å². The molecule has 0 saturated carbocycles.